The number of nitrogens with one attached hydrogen (secondary N) is 3. The van der Waals surface area contributed by atoms with Gasteiger partial charge in [-0.05, 0) is 61.7 Å². The summed E-state index contributed by atoms with van der Waals surface area (Å²) in [5, 5.41) is 9.45. The van der Waals surface area contributed by atoms with Crippen LogP contribution in [0.5, 0.6) is 0 Å². The van der Waals surface area contributed by atoms with Crippen LogP contribution in [0.25, 0.3) is 11.3 Å². The largest absolute Gasteiger partial charge is 0.460 e. The second kappa shape index (κ2) is 13.3. The first-order valence-electron chi connectivity index (χ1n) is 13.1. The van der Waals surface area contributed by atoms with Crippen molar-refractivity contribution < 1.29 is 14.0 Å². The Balaban J connectivity index is 1.45. The molecule has 0 saturated carbocycles. The summed E-state index contributed by atoms with van der Waals surface area (Å²) < 4.78 is 6.09. The molecule has 3 N–H and O–H groups in total. The lowest BCUT2D eigenvalue weighted by Gasteiger charge is -2.19. The molecule has 4 aromatic rings. The monoisotopic (exact) mass is 543 g/mol. The smallest absolute Gasteiger partial charge is 0.253 e. The standard InChI is InChI=1S/C32H34ClN3O3/c1-21-9-11-24(12-10-21)22(2)35-20-27-14-16-30(39-27)25-13-15-29(33)28(18-25)32(38)36-26(19-31(37)34-3)17-23-7-5-4-6-8-23/h4-16,18,22,26,35H,17,19-20H2,1-3H3,(H,34,37)(H,36,38)/t22-,26-/m1/s1. The van der Waals surface area contributed by atoms with Crippen molar-refractivity contribution in [2.45, 2.75) is 45.3 Å². The molecule has 0 aliphatic heterocycles. The van der Waals surface area contributed by atoms with E-state index in [1.54, 1.807) is 19.2 Å². The molecule has 2 atom stereocenters. The van der Waals surface area contributed by atoms with Crippen LogP contribution in [0.2, 0.25) is 5.02 Å². The fraction of sp³-hybridized carbons (Fsp3) is 0.250. The molecule has 0 bridgehead atoms. The Morgan fingerprint density at radius 3 is 2.41 bits per heavy atom. The summed E-state index contributed by atoms with van der Waals surface area (Å²) in [6, 6.07) is 27.1. The van der Waals surface area contributed by atoms with Gasteiger partial charge in [0.25, 0.3) is 5.91 Å². The summed E-state index contributed by atoms with van der Waals surface area (Å²) in [7, 11) is 1.58. The highest BCUT2D eigenvalue weighted by Gasteiger charge is 2.20. The summed E-state index contributed by atoms with van der Waals surface area (Å²) in [5.41, 5.74) is 4.54. The second-order valence-corrected chi connectivity index (χ2v) is 10.1. The lowest BCUT2D eigenvalue weighted by molar-refractivity contribution is -0.121. The maximum Gasteiger partial charge on any atom is 0.253 e. The van der Waals surface area contributed by atoms with E-state index in [1.807, 2.05) is 48.5 Å². The van der Waals surface area contributed by atoms with E-state index in [0.29, 0.717) is 29.3 Å². The van der Waals surface area contributed by atoms with Gasteiger partial charge < -0.3 is 20.4 Å². The second-order valence-electron chi connectivity index (χ2n) is 9.71. The average Bonchev–Trinajstić information content (AvgIpc) is 3.42. The maximum atomic E-state index is 13.3. The Bertz CT molecular complexity index is 1400. The molecule has 202 valence electrons. The molecule has 4 rings (SSSR count). The van der Waals surface area contributed by atoms with Crippen LogP contribution in [-0.4, -0.2) is 24.9 Å². The van der Waals surface area contributed by atoms with Gasteiger partial charge in [-0.1, -0.05) is 71.8 Å². The number of benzene rings is 3. The number of halogens is 1. The molecule has 0 aliphatic rings. The Morgan fingerprint density at radius 1 is 0.949 bits per heavy atom. The van der Waals surface area contributed by atoms with Gasteiger partial charge in [0.2, 0.25) is 5.91 Å². The lowest BCUT2D eigenvalue weighted by Crippen LogP contribution is -2.40. The van der Waals surface area contributed by atoms with Crippen LogP contribution < -0.4 is 16.0 Å². The van der Waals surface area contributed by atoms with E-state index in [1.165, 1.54) is 11.1 Å². The van der Waals surface area contributed by atoms with Crippen LogP contribution in [0.1, 0.15) is 52.2 Å². The van der Waals surface area contributed by atoms with Gasteiger partial charge in [0.1, 0.15) is 11.5 Å². The maximum absolute atomic E-state index is 13.3. The minimum Gasteiger partial charge on any atom is -0.460 e. The third kappa shape index (κ3) is 7.82. The van der Waals surface area contributed by atoms with Gasteiger partial charge in [-0.3, -0.25) is 9.59 Å². The summed E-state index contributed by atoms with van der Waals surface area (Å²) in [4.78, 5) is 25.4. The molecule has 1 heterocycles. The topological polar surface area (TPSA) is 83.4 Å². The molecule has 0 radical (unpaired) electrons. The Hall–Kier alpha value is -3.87. The number of rotatable bonds is 11. The molecular weight excluding hydrogens is 510 g/mol. The van der Waals surface area contributed by atoms with Crippen LogP contribution in [0.3, 0.4) is 0 Å². The van der Waals surface area contributed by atoms with Crippen LogP contribution in [0.15, 0.2) is 89.3 Å². The number of hydrogen-bond acceptors (Lipinski definition) is 4. The Kier molecular flexibility index (Phi) is 9.58. The van der Waals surface area contributed by atoms with Gasteiger partial charge in [0, 0.05) is 31.1 Å². The molecule has 0 unspecified atom stereocenters. The van der Waals surface area contributed by atoms with Crippen molar-refractivity contribution in [1.82, 2.24) is 16.0 Å². The minimum atomic E-state index is -0.392. The van der Waals surface area contributed by atoms with Gasteiger partial charge in [-0.2, -0.15) is 0 Å². The van der Waals surface area contributed by atoms with Gasteiger partial charge in [-0.25, -0.2) is 0 Å². The molecule has 0 fully saturated rings. The Labute approximate surface area is 234 Å². The lowest BCUT2D eigenvalue weighted by atomic mass is 10.0. The van der Waals surface area contributed by atoms with Crippen LogP contribution in [-0.2, 0) is 17.8 Å². The van der Waals surface area contributed by atoms with E-state index in [4.69, 9.17) is 16.0 Å². The predicted molar refractivity (Wildman–Crippen MR) is 156 cm³/mol. The first-order valence-corrected chi connectivity index (χ1v) is 13.4. The highest BCUT2D eigenvalue weighted by atomic mass is 35.5. The van der Waals surface area contributed by atoms with Gasteiger partial charge >= 0.3 is 0 Å². The molecule has 0 saturated heterocycles. The molecule has 1 aromatic heterocycles. The Morgan fingerprint density at radius 2 is 1.69 bits per heavy atom. The van der Waals surface area contributed by atoms with Crippen LogP contribution >= 0.6 is 11.6 Å². The van der Waals surface area contributed by atoms with E-state index in [2.05, 4.69) is 54.1 Å². The molecule has 39 heavy (non-hydrogen) atoms. The quantitative estimate of drug-likeness (QED) is 0.209. The molecular formula is C32H34ClN3O3. The van der Waals surface area contributed by atoms with E-state index in [9.17, 15) is 9.59 Å². The van der Waals surface area contributed by atoms with Gasteiger partial charge in [0.05, 0.1) is 17.1 Å². The summed E-state index contributed by atoms with van der Waals surface area (Å²) >= 11 is 6.43. The fourth-order valence-electron chi connectivity index (χ4n) is 4.37. The van der Waals surface area contributed by atoms with Crippen molar-refractivity contribution in [1.29, 1.82) is 0 Å². The molecule has 6 nitrogen and oxygen atoms in total. The van der Waals surface area contributed by atoms with E-state index in [0.717, 1.165) is 16.9 Å². The normalized spacial score (nSPS) is 12.5. The van der Waals surface area contributed by atoms with E-state index >= 15 is 0 Å². The predicted octanol–water partition coefficient (Wildman–Crippen LogP) is 6.24. The van der Waals surface area contributed by atoms with Crippen LogP contribution in [0.4, 0.5) is 0 Å². The highest BCUT2D eigenvalue weighted by Crippen LogP contribution is 2.27. The number of hydrogen-bond donors (Lipinski definition) is 3. The van der Waals surface area contributed by atoms with Crippen molar-refractivity contribution >= 4 is 23.4 Å². The zero-order chi connectivity index (χ0) is 27.8. The number of furan rings is 1. The van der Waals surface area contributed by atoms with Crippen molar-refractivity contribution in [2.24, 2.45) is 0 Å². The minimum absolute atomic E-state index is 0.149. The summed E-state index contributed by atoms with van der Waals surface area (Å²) in [5.74, 6) is 0.946. The number of carbonyl (C=O) groups is 2. The molecule has 0 spiro atoms. The van der Waals surface area contributed by atoms with Crippen molar-refractivity contribution in [2.75, 3.05) is 7.05 Å². The third-order valence-electron chi connectivity index (χ3n) is 6.69. The summed E-state index contributed by atoms with van der Waals surface area (Å²) in [6.07, 6.45) is 0.677. The summed E-state index contributed by atoms with van der Waals surface area (Å²) in [6.45, 7) is 4.76. The van der Waals surface area contributed by atoms with Crippen molar-refractivity contribution in [3.05, 3.63) is 118 Å². The van der Waals surface area contributed by atoms with Crippen molar-refractivity contribution in [3.63, 3.8) is 0 Å². The zero-order valence-electron chi connectivity index (χ0n) is 22.5. The molecule has 2 amide bonds. The fourth-order valence-corrected chi connectivity index (χ4v) is 4.57. The van der Waals surface area contributed by atoms with E-state index < -0.39 is 6.04 Å². The number of amides is 2. The zero-order valence-corrected chi connectivity index (χ0v) is 23.2. The third-order valence-corrected chi connectivity index (χ3v) is 7.02. The molecule has 3 aromatic carbocycles. The molecule has 7 heteroatoms. The first-order chi connectivity index (χ1) is 18.8. The number of carbonyl (C=O) groups excluding carboxylic acids is 2. The average molecular weight is 544 g/mol. The van der Waals surface area contributed by atoms with Crippen LogP contribution in [0, 0.1) is 6.92 Å². The van der Waals surface area contributed by atoms with Gasteiger partial charge in [0.15, 0.2) is 0 Å². The highest BCUT2D eigenvalue weighted by molar-refractivity contribution is 6.34. The number of aryl methyl sites for hydroxylation is 1. The SMILES string of the molecule is CNC(=O)C[C@@H](Cc1ccccc1)NC(=O)c1cc(-c2ccc(CN[C@H](C)c3ccc(C)cc3)o2)ccc1Cl. The van der Waals surface area contributed by atoms with E-state index in [-0.39, 0.29) is 24.3 Å². The molecule has 0 aliphatic carbocycles. The first kappa shape index (κ1) is 28.1. The van der Waals surface area contributed by atoms with Gasteiger partial charge in [-0.15, -0.1) is 0 Å². The van der Waals surface area contributed by atoms with Crippen molar-refractivity contribution in [3.8, 4) is 11.3 Å².